The van der Waals surface area contributed by atoms with Crippen LogP contribution in [0, 0.1) is 11.3 Å². The van der Waals surface area contributed by atoms with Gasteiger partial charge < -0.3 is 4.90 Å². The van der Waals surface area contributed by atoms with Gasteiger partial charge in [0.05, 0.1) is 5.56 Å². The van der Waals surface area contributed by atoms with E-state index in [1.165, 1.54) is 12.3 Å². The smallest absolute Gasteiger partial charge is 0.344 e. The van der Waals surface area contributed by atoms with E-state index in [4.69, 9.17) is 16.9 Å². The molecule has 0 aliphatic carbocycles. The van der Waals surface area contributed by atoms with Gasteiger partial charge in [-0.05, 0) is 19.9 Å². The van der Waals surface area contributed by atoms with Crippen LogP contribution in [0.15, 0.2) is 12.3 Å². The van der Waals surface area contributed by atoms with E-state index >= 15 is 0 Å². The van der Waals surface area contributed by atoms with E-state index in [0.717, 1.165) is 4.90 Å². The van der Waals surface area contributed by atoms with E-state index in [1.54, 1.807) is 13.8 Å². The highest BCUT2D eigenvalue weighted by molar-refractivity contribution is 6.34. The minimum Gasteiger partial charge on any atom is -0.344 e. The molecule has 1 rings (SSSR count). The maximum Gasteiger partial charge on any atom is 0.405 e. The van der Waals surface area contributed by atoms with Gasteiger partial charge in [0.1, 0.15) is 23.5 Å². The maximum atomic E-state index is 12.5. The van der Waals surface area contributed by atoms with Crippen molar-refractivity contribution in [2.45, 2.75) is 26.1 Å². The third kappa shape index (κ3) is 3.50. The second-order valence-electron chi connectivity index (χ2n) is 3.94. The third-order valence-electron chi connectivity index (χ3n) is 2.24. The van der Waals surface area contributed by atoms with Crippen LogP contribution in [0.25, 0.3) is 0 Å². The van der Waals surface area contributed by atoms with Gasteiger partial charge >= 0.3 is 6.18 Å². The average Bonchev–Trinajstić information content (AvgIpc) is 2.25. The molecule has 0 aromatic carbocycles. The van der Waals surface area contributed by atoms with Crippen LogP contribution < -0.4 is 4.90 Å². The van der Waals surface area contributed by atoms with E-state index in [-0.39, 0.29) is 16.4 Å². The number of hydrogen-bond donors (Lipinski definition) is 0. The van der Waals surface area contributed by atoms with Gasteiger partial charge in [-0.1, -0.05) is 11.6 Å². The molecule has 0 amide bonds. The molecule has 3 nitrogen and oxygen atoms in total. The number of nitriles is 1. The Labute approximate surface area is 108 Å². The average molecular weight is 278 g/mol. The van der Waals surface area contributed by atoms with Crippen LogP contribution in [0.3, 0.4) is 0 Å². The first-order valence-corrected chi connectivity index (χ1v) is 5.52. The lowest BCUT2D eigenvalue weighted by Crippen LogP contribution is -2.39. The summed E-state index contributed by atoms with van der Waals surface area (Å²) in [4.78, 5) is 4.85. The summed E-state index contributed by atoms with van der Waals surface area (Å²) in [6.07, 6.45) is -3.09. The molecule has 98 valence electrons. The number of rotatable bonds is 3. The van der Waals surface area contributed by atoms with Crippen LogP contribution in [0.1, 0.15) is 19.4 Å². The number of anilines is 1. The van der Waals surface area contributed by atoms with Gasteiger partial charge in [0, 0.05) is 12.2 Å². The van der Waals surface area contributed by atoms with Gasteiger partial charge in [-0.2, -0.15) is 18.4 Å². The fraction of sp³-hybridized carbons (Fsp3) is 0.455. The molecular weight excluding hydrogens is 267 g/mol. The third-order valence-corrected chi connectivity index (χ3v) is 2.61. The number of hydrogen-bond acceptors (Lipinski definition) is 3. The van der Waals surface area contributed by atoms with Crippen molar-refractivity contribution in [2.75, 3.05) is 11.4 Å². The molecule has 1 aromatic rings. The van der Waals surface area contributed by atoms with Crippen molar-refractivity contribution in [2.24, 2.45) is 0 Å². The first-order chi connectivity index (χ1) is 8.26. The predicted octanol–water partition coefficient (Wildman–Crippen LogP) is 3.38. The van der Waals surface area contributed by atoms with Crippen molar-refractivity contribution in [3.05, 3.63) is 22.8 Å². The highest BCUT2D eigenvalue weighted by Crippen LogP contribution is 2.30. The van der Waals surface area contributed by atoms with Crippen LogP contribution in [-0.2, 0) is 0 Å². The first-order valence-electron chi connectivity index (χ1n) is 5.14. The zero-order valence-corrected chi connectivity index (χ0v) is 10.5. The molecule has 0 saturated heterocycles. The van der Waals surface area contributed by atoms with Crippen LogP contribution >= 0.6 is 11.6 Å². The Morgan fingerprint density at radius 3 is 2.56 bits per heavy atom. The lowest BCUT2D eigenvalue weighted by Gasteiger charge is -2.29. The summed E-state index contributed by atoms with van der Waals surface area (Å²) >= 11 is 5.88. The van der Waals surface area contributed by atoms with Crippen molar-refractivity contribution in [3.8, 4) is 6.07 Å². The molecule has 0 aliphatic heterocycles. The Kier molecular flexibility index (Phi) is 4.41. The van der Waals surface area contributed by atoms with Gasteiger partial charge in [-0.3, -0.25) is 0 Å². The number of aromatic nitrogens is 1. The molecule has 0 fully saturated rings. The van der Waals surface area contributed by atoms with Gasteiger partial charge in [0.25, 0.3) is 0 Å². The number of pyridine rings is 1. The molecule has 0 unspecified atom stereocenters. The Morgan fingerprint density at radius 1 is 1.50 bits per heavy atom. The van der Waals surface area contributed by atoms with Crippen molar-refractivity contribution in [3.63, 3.8) is 0 Å². The van der Waals surface area contributed by atoms with E-state index in [1.807, 2.05) is 6.07 Å². The number of nitrogens with zero attached hydrogens (tertiary/aromatic N) is 3. The molecule has 0 N–H and O–H groups in total. The van der Waals surface area contributed by atoms with Gasteiger partial charge in [-0.25, -0.2) is 4.98 Å². The van der Waals surface area contributed by atoms with Gasteiger partial charge in [0.15, 0.2) is 0 Å². The Hall–Kier alpha value is -1.48. The number of halogens is 4. The highest BCUT2D eigenvalue weighted by atomic mass is 35.5. The largest absolute Gasteiger partial charge is 0.405 e. The molecule has 0 radical (unpaired) electrons. The van der Waals surface area contributed by atoms with Crippen molar-refractivity contribution >= 4 is 17.4 Å². The first kappa shape index (κ1) is 14.6. The minimum absolute atomic E-state index is 0.0250. The fourth-order valence-corrected chi connectivity index (χ4v) is 1.68. The minimum atomic E-state index is -4.36. The summed E-state index contributed by atoms with van der Waals surface area (Å²) in [6.45, 7) is 2.04. The Morgan fingerprint density at radius 2 is 2.11 bits per heavy atom. The van der Waals surface area contributed by atoms with Crippen LogP contribution in [0.2, 0.25) is 5.02 Å². The lowest BCUT2D eigenvalue weighted by atomic mass is 10.2. The highest BCUT2D eigenvalue weighted by Gasteiger charge is 2.33. The van der Waals surface area contributed by atoms with Crippen molar-refractivity contribution in [1.82, 2.24) is 4.98 Å². The molecule has 0 aliphatic rings. The maximum absolute atomic E-state index is 12.5. The van der Waals surface area contributed by atoms with E-state index < -0.39 is 18.8 Å². The van der Waals surface area contributed by atoms with E-state index in [0.29, 0.717) is 0 Å². The summed E-state index contributed by atoms with van der Waals surface area (Å²) in [5, 5.41) is 8.74. The zero-order chi connectivity index (χ0) is 13.9. The molecule has 0 saturated carbocycles. The number of alkyl halides is 3. The molecule has 7 heteroatoms. The fourth-order valence-electron chi connectivity index (χ4n) is 1.41. The van der Waals surface area contributed by atoms with E-state index in [9.17, 15) is 13.2 Å². The van der Waals surface area contributed by atoms with Crippen LogP contribution in [-0.4, -0.2) is 23.7 Å². The monoisotopic (exact) mass is 277 g/mol. The second-order valence-corrected chi connectivity index (χ2v) is 4.32. The standard InChI is InChI=1S/C11H11ClF3N3/c1-7(2)18(6-11(13,14)15)10-9(12)8(5-16)3-4-17-10/h3-4,7H,6H2,1-2H3. The van der Waals surface area contributed by atoms with Gasteiger partial charge in [-0.15, -0.1) is 0 Å². The summed E-state index contributed by atoms with van der Waals surface area (Å²) in [6, 6.07) is 2.73. The second kappa shape index (κ2) is 5.44. The lowest BCUT2D eigenvalue weighted by molar-refractivity contribution is -0.120. The molecule has 18 heavy (non-hydrogen) atoms. The predicted molar refractivity (Wildman–Crippen MR) is 62.5 cm³/mol. The Bertz CT molecular complexity index is 466. The van der Waals surface area contributed by atoms with Crippen LogP contribution in [0.4, 0.5) is 19.0 Å². The van der Waals surface area contributed by atoms with E-state index in [2.05, 4.69) is 4.98 Å². The van der Waals surface area contributed by atoms with Gasteiger partial charge in [0.2, 0.25) is 0 Å². The molecule has 1 aromatic heterocycles. The molecule has 0 atom stereocenters. The molecule has 1 heterocycles. The van der Waals surface area contributed by atoms with Crippen LogP contribution in [0.5, 0.6) is 0 Å². The normalized spacial score (nSPS) is 11.4. The molecule has 0 spiro atoms. The SMILES string of the molecule is CC(C)N(CC(F)(F)F)c1nccc(C#N)c1Cl. The topological polar surface area (TPSA) is 39.9 Å². The summed E-state index contributed by atoms with van der Waals surface area (Å²) in [5.74, 6) is -0.0250. The zero-order valence-electron chi connectivity index (χ0n) is 9.79. The van der Waals surface area contributed by atoms with Crippen molar-refractivity contribution in [1.29, 1.82) is 5.26 Å². The Balaban J connectivity index is 3.19. The van der Waals surface area contributed by atoms with Crippen molar-refractivity contribution < 1.29 is 13.2 Å². The summed E-state index contributed by atoms with van der Waals surface area (Å²) < 4.78 is 37.5. The summed E-state index contributed by atoms with van der Waals surface area (Å²) in [7, 11) is 0. The summed E-state index contributed by atoms with van der Waals surface area (Å²) in [5.41, 5.74) is 0.106. The quantitative estimate of drug-likeness (QED) is 0.850. The molecule has 0 bridgehead atoms. The molecular formula is C11H11ClF3N3.